The Morgan fingerprint density at radius 2 is 0.860 bits per heavy atom. The van der Waals surface area contributed by atoms with Gasteiger partial charge in [0.25, 0.3) is 0 Å². The lowest BCUT2D eigenvalue weighted by Crippen LogP contribution is -2.05. The van der Waals surface area contributed by atoms with Gasteiger partial charge in [0.15, 0.2) is 0 Å². The Kier molecular flexibility index (Phi) is 36.7. The summed E-state index contributed by atoms with van der Waals surface area (Å²) in [5.41, 5.74) is 0. The SMILES string of the molecule is CCCCCCCCC=CCCCCCCCCCCCC(=O)OCCCCCCCCCCCCCCCC(C)CC. The molecule has 0 fully saturated rings. The van der Waals surface area contributed by atoms with Crippen LogP contribution in [0.2, 0.25) is 0 Å². The number of hydrogen-bond acceptors (Lipinski definition) is 2. The van der Waals surface area contributed by atoms with Crippen LogP contribution in [0.4, 0.5) is 0 Å². The Morgan fingerprint density at radius 3 is 1.30 bits per heavy atom. The Hall–Kier alpha value is -0.790. The summed E-state index contributed by atoms with van der Waals surface area (Å²) in [6, 6.07) is 0. The molecule has 0 heterocycles. The first kappa shape index (κ1) is 42.2. The number of hydrogen-bond donors (Lipinski definition) is 0. The summed E-state index contributed by atoms with van der Waals surface area (Å²) in [5, 5.41) is 0. The third-order valence-electron chi connectivity index (χ3n) is 9.44. The molecule has 256 valence electrons. The predicted molar refractivity (Wildman–Crippen MR) is 193 cm³/mol. The van der Waals surface area contributed by atoms with Crippen LogP contribution in [0.5, 0.6) is 0 Å². The monoisotopic (exact) mass is 605 g/mol. The van der Waals surface area contributed by atoms with E-state index in [0.29, 0.717) is 13.0 Å². The highest BCUT2D eigenvalue weighted by Gasteiger charge is 2.03. The molecular formula is C41H80O2. The molecule has 0 saturated carbocycles. The highest BCUT2D eigenvalue weighted by Crippen LogP contribution is 2.16. The molecule has 0 aromatic carbocycles. The molecule has 0 aliphatic heterocycles. The molecule has 0 rings (SSSR count). The zero-order valence-electron chi connectivity index (χ0n) is 30.1. The minimum atomic E-state index is 0.0246. The first-order valence-electron chi connectivity index (χ1n) is 20.0. The molecule has 0 spiro atoms. The van der Waals surface area contributed by atoms with E-state index < -0.39 is 0 Å². The topological polar surface area (TPSA) is 26.3 Å². The summed E-state index contributed by atoms with van der Waals surface area (Å²) >= 11 is 0. The average molecular weight is 605 g/mol. The normalized spacial score (nSPS) is 12.3. The van der Waals surface area contributed by atoms with E-state index in [1.807, 2.05) is 0 Å². The van der Waals surface area contributed by atoms with Crippen LogP contribution in [0.15, 0.2) is 12.2 Å². The van der Waals surface area contributed by atoms with E-state index in [-0.39, 0.29) is 5.97 Å². The van der Waals surface area contributed by atoms with Crippen molar-refractivity contribution in [2.75, 3.05) is 6.61 Å². The molecule has 1 atom stereocenters. The van der Waals surface area contributed by atoms with Crippen molar-refractivity contribution in [2.24, 2.45) is 5.92 Å². The molecule has 43 heavy (non-hydrogen) atoms. The Labute approximate surface area is 272 Å². The van der Waals surface area contributed by atoms with E-state index in [4.69, 9.17) is 4.74 Å². The lowest BCUT2D eigenvalue weighted by atomic mass is 9.99. The van der Waals surface area contributed by atoms with Crippen LogP contribution in [-0.4, -0.2) is 12.6 Å². The van der Waals surface area contributed by atoms with Gasteiger partial charge in [-0.3, -0.25) is 4.79 Å². The minimum absolute atomic E-state index is 0.0246. The van der Waals surface area contributed by atoms with Crippen LogP contribution < -0.4 is 0 Å². The van der Waals surface area contributed by atoms with Crippen molar-refractivity contribution in [1.29, 1.82) is 0 Å². The van der Waals surface area contributed by atoms with Crippen molar-refractivity contribution in [3.05, 3.63) is 12.2 Å². The second kappa shape index (κ2) is 37.4. The summed E-state index contributed by atoms with van der Waals surface area (Å²) in [4.78, 5) is 12.0. The Morgan fingerprint density at radius 1 is 0.488 bits per heavy atom. The summed E-state index contributed by atoms with van der Waals surface area (Å²) in [5.74, 6) is 0.948. The number of rotatable bonds is 36. The van der Waals surface area contributed by atoms with Crippen LogP contribution in [0, 0.1) is 5.92 Å². The van der Waals surface area contributed by atoms with Gasteiger partial charge in [0, 0.05) is 6.42 Å². The van der Waals surface area contributed by atoms with E-state index in [0.717, 1.165) is 18.8 Å². The molecule has 0 saturated heterocycles. The van der Waals surface area contributed by atoms with Crippen molar-refractivity contribution < 1.29 is 9.53 Å². The van der Waals surface area contributed by atoms with E-state index in [1.165, 1.54) is 193 Å². The van der Waals surface area contributed by atoms with E-state index in [9.17, 15) is 4.79 Å². The Balaban J connectivity index is 3.19. The Bertz CT molecular complexity index is 554. The second-order valence-electron chi connectivity index (χ2n) is 13.9. The lowest BCUT2D eigenvalue weighted by Gasteiger charge is -2.07. The molecule has 0 aliphatic carbocycles. The number of unbranched alkanes of at least 4 members (excludes halogenated alkanes) is 27. The van der Waals surface area contributed by atoms with Gasteiger partial charge in [-0.2, -0.15) is 0 Å². The number of allylic oxidation sites excluding steroid dienone is 2. The molecule has 0 radical (unpaired) electrons. The maximum atomic E-state index is 12.0. The molecular weight excluding hydrogens is 524 g/mol. The average Bonchev–Trinajstić information content (AvgIpc) is 3.01. The van der Waals surface area contributed by atoms with Gasteiger partial charge in [0.05, 0.1) is 6.61 Å². The van der Waals surface area contributed by atoms with Gasteiger partial charge in [-0.25, -0.2) is 0 Å². The predicted octanol–water partition coefficient (Wildman–Crippen LogP) is 14.6. The zero-order chi connectivity index (χ0) is 31.3. The number of ether oxygens (including phenoxy) is 1. The third-order valence-corrected chi connectivity index (χ3v) is 9.44. The molecule has 1 unspecified atom stereocenters. The summed E-state index contributed by atoms with van der Waals surface area (Å²) < 4.78 is 5.46. The second-order valence-corrected chi connectivity index (χ2v) is 13.9. The van der Waals surface area contributed by atoms with E-state index in [1.54, 1.807) is 0 Å². The molecule has 0 amide bonds. The standard InChI is InChI=1S/C41H80O2/c1-4-6-7-8-9-10-11-12-13-14-15-16-17-20-23-26-29-32-35-38-41(42)43-39-36-33-30-27-24-21-18-19-22-25-28-31-34-37-40(3)5-2/h12-13,40H,4-11,14-39H2,1-3H3. The van der Waals surface area contributed by atoms with Gasteiger partial charge in [0.2, 0.25) is 0 Å². The van der Waals surface area contributed by atoms with E-state index >= 15 is 0 Å². The first-order valence-corrected chi connectivity index (χ1v) is 20.0. The van der Waals surface area contributed by atoms with Crippen molar-refractivity contribution in [2.45, 2.75) is 233 Å². The van der Waals surface area contributed by atoms with Crippen LogP contribution in [0.1, 0.15) is 233 Å². The number of carbonyl (C=O) groups excluding carboxylic acids is 1. The molecule has 2 nitrogen and oxygen atoms in total. The maximum absolute atomic E-state index is 12.0. The molecule has 0 aromatic heterocycles. The highest BCUT2D eigenvalue weighted by molar-refractivity contribution is 5.69. The van der Waals surface area contributed by atoms with Crippen LogP contribution >= 0.6 is 0 Å². The minimum Gasteiger partial charge on any atom is -0.466 e. The van der Waals surface area contributed by atoms with Crippen LogP contribution in [-0.2, 0) is 9.53 Å². The fraction of sp³-hybridized carbons (Fsp3) is 0.927. The fourth-order valence-corrected chi connectivity index (χ4v) is 6.05. The summed E-state index contributed by atoms with van der Waals surface area (Å²) in [6.45, 7) is 7.61. The molecule has 0 N–H and O–H groups in total. The van der Waals surface area contributed by atoms with E-state index in [2.05, 4.69) is 32.9 Å². The summed E-state index contributed by atoms with van der Waals surface area (Å²) in [6.07, 6.45) is 48.5. The van der Waals surface area contributed by atoms with Crippen molar-refractivity contribution in [1.82, 2.24) is 0 Å². The summed E-state index contributed by atoms with van der Waals surface area (Å²) in [7, 11) is 0. The van der Waals surface area contributed by atoms with Crippen LogP contribution in [0.25, 0.3) is 0 Å². The van der Waals surface area contributed by atoms with Crippen molar-refractivity contribution in [3.63, 3.8) is 0 Å². The number of esters is 1. The third kappa shape index (κ3) is 37.3. The number of carbonyl (C=O) groups is 1. The van der Waals surface area contributed by atoms with Gasteiger partial charge < -0.3 is 4.74 Å². The highest BCUT2D eigenvalue weighted by atomic mass is 16.5. The lowest BCUT2D eigenvalue weighted by molar-refractivity contribution is -0.143. The molecule has 2 heteroatoms. The van der Waals surface area contributed by atoms with Gasteiger partial charge in [-0.15, -0.1) is 0 Å². The smallest absolute Gasteiger partial charge is 0.305 e. The van der Waals surface area contributed by atoms with Gasteiger partial charge in [0.1, 0.15) is 0 Å². The van der Waals surface area contributed by atoms with Gasteiger partial charge >= 0.3 is 5.97 Å². The van der Waals surface area contributed by atoms with Crippen LogP contribution in [0.3, 0.4) is 0 Å². The van der Waals surface area contributed by atoms with Gasteiger partial charge in [-0.1, -0.05) is 200 Å². The first-order chi connectivity index (χ1) is 21.2. The molecule has 0 bridgehead atoms. The zero-order valence-corrected chi connectivity index (χ0v) is 30.1. The van der Waals surface area contributed by atoms with Crippen molar-refractivity contribution in [3.8, 4) is 0 Å². The van der Waals surface area contributed by atoms with Crippen molar-refractivity contribution >= 4 is 5.97 Å². The van der Waals surface area contributed by atoms with Gasteiger partial charge in [-0.05, 0) is 44.4 Å². The maximum Gasteiger partial charge on any atom is 0.305 e. The largest absolute Gasteiger partial charge is 0.466 e. The fourth-order valence-electron chi connectivity index (χ4n) is 6.05. The quantitative estimate of drug-likeness (QED) is 0.0404. The molecule has 0 aliphatic rings. The molecule has 0 aromatic rings.